The molecule has 19 heavy (non-hydrogen) atoms. The van der Waals surface area contributed by atoms with Gasteiger partial charge in [-0.3, -0.25) is 0 Å². The Labute approximate surface area is 108 Å². The Hall–Kier alpha value is -1.30. The van der Waals surface area contributed by atoms with E-state index in [1.165, 1.54) is 6.07 Å². The second-order valence-electron chi connectivity index (χ2n) is 4.81. The van der Waals surface area contributed by atoms with E-state index < -0.39 is 17.9 Å². The molecule has 1 aliphatic heterocycles. The topological polar surface area (TPSA) is 21.3 Å². The van der Waals surface area contributed by atoms with E-state index in [2.05, 4.69) is 10.1 Å². The number of piperidine rings is 1. The van der Waals surface area contributed by atoms with Crippen LogP contribution in [-0.4, -0.2) is 19.5 Å². The minimum Gasteiger partial charge on any atom is -0.403 e. The van der Waals surface area contributed by atoms with Gasteiger partial charge in [-0.1, -0.05) is 13.0 Å². The molecule has 2 atom stereocenters. The van der Waals surface area contributed by atoms with Gasteiger partial charge in [-0.2, -0.15) is 0 Å². The van der Waals surface area contributed by atoms with Crippen molar-refractivity contribution in [3.8, 4) is 5.75 Å². The van der Waals surface area contributed by atoms with Crippen LogP contribution >= 0.6 is 0 Å². The fourth-order valence-electron chi connectivity index (χ4n) is 2.46. The second kappa shape index (κ2) is 5.36. The minimum absolute atomic E-state index is 0.163. The summed E-state index contributed by atoms with van der Waals surface area (Å²) in [6, 6.07) is 3.71. The third kappa shape index (κ3) is 3.59. The quantitative estimate of drug-likeness (QED) is 0.836. The Bertz CT molecular complexity index is 447. The molecule has 1 aromatic carbocycles. The van der Waals surface area contributed by atoms with Crippen LogP contribution in [0.2, 0.25) is 0 Å². The van der Waals surface area contributed by atoms with Gasteiger partial charge in [0.2, 0.25) is 0 Å². The standard InChI is InChI=1S/C13H15F4NO/c1-8-7-18-5-4-10(8)9-2-3-12(11(14)6-9)19-13(15,16)17/h2-3,6,8,10,18H,4-5,7H2,1H3/t8-,10+/m1/s1. The van der Waals surface area contributed by atoms with Crippen molar-refractivity contribution in [2.75, 3.05) is 13.1 Å². The number of hydrogen-bond acceptors (Lipinski definition) is 2. The molecule has 0 spiro atoms. The van der Waals surface area contributed by atoms with Gasteiger partial charge in [0.25, 0.3) is 0 Å². The van der Waals surface area contributed by atoms with E-state index in [1.807, 2.05) is 6.92 Å². The van der Waals surface area contributed by atoms with Crippen molar-refractivity contribution >= 4 is 0 Å². The molecule has 1 heterocycles. The first kappa shape index (κ1) is 14.1. The number of ether oxygens (including phenoxy) is 1. The zero-order chi connectivity index (χ0) is 14.0. The largest absolute Gasteiger partial charge is 0.573 e. The Morgan fingerprint density at radius 2 is 2.05 bits per heavy atom. The monoisotopic (exact) mass is 277 g/mol. The molecule has 1 aromatic rings. The van der Waals surface area contributed by atoms with E-state index in [9.17, 15) is 17.6 Å². The maximum Gasteiger partial charge on any atom is 0.573 e. The first-order valence-electron chi connectivity index (χ1n) is 6.13. The molecule has 1 aliphatic rings. The SMILES string of the molecule is C[C@@H]1CNCC[C@@H]1c1ccc(OC(F)(F)F)c(F)c1. The predicted octanol–water partition coefficient (Wildman–Crippen LogP) is 3.44. The summed E-state index contributed by atoms with van der Waals surface area (Å²) in [6.07, 6.45) is -4.02. The molecule has 0 radical (unpaired) electrons. The molecule has 2 rings (SSSR count). The molecule has 2 nitrogen and oxygen atoms in total. The molecule has 0 saturated carbocycles. The second-order valence-corrected chi connectivity index (χ2v) is 4.81. The molecule has 1 N–H and O–H groups in total. The molecule has 106 valence electrons. The van der Waals surface area contributed by atoms with Crippen molar-refractivity contribution in [2.45, 2.75) is 25.6 Å². The lowest BCUT2D eigenvalue weighted by Crippen LogP contribution is -2.33. The van der Waals surface area contributed by atoms with Gasteiger partial charge in [0.1, 0.15) is 0 Å². The molecule has 0 aromatic heterocycles. The van der Waals surface area contributed by atoms with Crippen LogP contribution in [0.15, 0.2) is 18.2 Å². The maximum absolute atomic E-state index is 13.6. The normalized spacial score (nSPS) is 24.3. The van der Waals surface area contributed by atoms with Gasteiger partial charge >= 0.3 is 6.36 Å². The zero-order valence-electron chi connectivity index (χ0n) is 10.4. The van der Waals surface area contributed by atoms with E-state index >= 15 is 0 Å². The minimum atomic E-state index is -4.87. The summed E-state index contributed by atoms with van der Waals surface area (Å²) in [5, 5.41) is 3.22. The third-order valence-corrected chi connectivity index (χ3v) is 3.40. The fourth-order valence-corrected chi connectivity index (χ4v) is 2.46. The van der Waals surface area contributed by atoms with Crippen LogP contribution in [0.1, 0.15) is 24.8 Å². The lowest BCUT2D eigenvalue weighted by atomic mass is 9.82. The van der Waals surface area contributed by atoms with Crippen molar-refractivity contribution in [3.63, 3.8) is 0 Å². The molecule has 6 heteroatoms. The van der Waals surface area contributed by atoms with E-state index in [-0.39, 0.29) is 5.92 Å². The third-order valence-electron chi connectivity index (χ3n) is 3.40. The van der Waals surface area contributed by atoms with Gasteiger partial charge in [0.15, 0.2) is 11.6 Å². The molecule has 0 bridgehead atoms. The summed E-state index contributed by atoms with van der Waals surface area (Å²) in [4.78, 5) is 0. The van der Waals surface area contributed by atoms with Crippen LogP contribution in [0.5, 0.6) is 5.75 Å². The van der Waals surface area contributed by atoms with Crippen molar-refractivity contribution in [2.24, 2.45) is 5.92 Å². The van der Waals surface area contributed by atoms with Crippen LogP contribution in [-0.2, 0) is 0 Å². The van der Waals surface area contributed by atoms with Crippen molar-refractivity contribution < 1.29 is 22.3 Å². The highest BCUT2D eigenvalue weighted by Gasteiger charge is 2.32. The molecule has 0 amide bonds. The van der Waals surface area contributed by atoms with Crippen LogP contribution < -0.4 is 10.1 Å². The molecular weight excluding hydrogens is 262 g/mol. The zero-order valence-corrected chi connectivity index (χ0v) is 10.4. The molecule has 0 aliphatic carbocycles. The molecule has 1 fully saturated rings. The molecule has 0 unspecified atom stereocenters. The average molecular weight is 277 g/mol. The average Bonchev–Trinajstić information content (AvgIpc) is 2.31. The summed E-state index contributed by atoms with van der Waals surface area (Å²) < 4.78 is 53.4. The number of nitrogens with one attached hydrogen (secondary N) is 1. The fraction of sp³-hybridized carbons (Fsp3) is 0.538. The Morgan fingerprint density at radius 1 is 1.32 bits per heavy atom. The van der Waals surface area contributed by atoms with Gasteiger partial charge in [-0.05, 0) is 49.0 Å². The summed E-state index contributed by atoms with van der Waals surface area (Å²) in [6.45, 7) is 3.69. The smallest absolute Gasteiger partial charge is 0.403 e. The van der Waals surface area contributed by atoms with Crippen LogP contribution in [0.25, 0.3) is 0 Å². The van der Waals surface area contributed by atoms with E-state index in [1.54, 1.807) is 0 Å². The van der Waals surface area contributed by atoms with E-state index in [0.29, 0.717) is 5.92 Å². The van der Waals surface area contributed by atoms with Crippen molar-refractivity contribution in [1.29, 1.82) is 0 Å². The van der Waals surface area contributed by atoms with Gasteiger partial charge in [0, 0.05) is 0 Å². The van der Waals surface area contributed by atoms with Gasteiger partial charge in [-0.25, -0.2) is 4.39 Å². The Morgan fingerprint density at radius 3 is 2.63 bits per heavy atom. The first-order valence-corrected chi connectivity index (χ1v) is 6.13. The van der Waals surface area contributed by atoms with Gasteiger partial charge in [0.05, 0.1) is 0 Å². The first-order chi connectivity index (χ1) is 8.87. The molecule has 1 saturated heterocycles. The van der Waals surface area contributed by atoms with Crippen LogP contribution in [0.3, 0.4) is 0 Å². The predicted molar refractivity (Wildman–Crippen MR) is 62.5 cm³/mol. The maximum atomic E-state index is 13.6. The van der Waals surface area contributed by atoms with Crippen molar-refractivity contribution in [1.82, 2.24) is 5.32 Å². The van der Waals surface area contributed by atoms with Gasteiger partial charge < -0.3 is 10.1 Å². The summed E-state index contributed by atoms with van der Waals surface area (Å²) in [5.41, 5.74) is 0.723. The Kier molecular flexibility index (Phi) is 3.99. The van der Waals surface area contributed by atoms with Crippen LogP contribution in [0, 0.1) is 11.7 Å². The highest BCUT2D eigenvalue weighted by atomic mass is 19.4. The number of alkyl halides is 3. The summed E-state index contributed by atoms with van der Waals surface area (Å²) in [7, 11) is 0. The van der Waals surface area contributed by atoms with Crippen molar-refractivity contribution in [3.05, 3.63) is 29.6 Å². The van der Waals surface area contributed by atoms with Crippen LogP contribution in [0.4, 0.5) is 17.6 Å². The Balaban J connectivity index is 2.18. The highest BCUT2D eigenvalue weighted by molar-refractivity contribution is 5.32. The molecular formula is C13H15F4NO. The highest BCUT2D eigenvalue weighted by Crippen LogP contribution is 2.33. The van der Waals surface area contributed by atoms with Gasteiger partial charge in [-0.15, -0.1) is 13.2 Å². The summed E-state index contributed by atoms with van der Waals surface area (Å²) >= 11 is 0. The number of hydrogen-bond donors (Lipinski definition) is 1. The number of benzene rings is 1. The van der Waals surface area contributed by atoms with E-state index in [4.69, 9.17) is 0 Å². The number of rotatable bonds is 2. The number of halogens is 4. The summed E-state index contributed by atoms with van der Waals surface area (Å²) in [5.74, 6) is -1.27. The lowest BCUT2D eigenvalue weighted by Gasteiger charge is -2.30. The van der Waals surface area contributed by atoms with E-state index in [0.717, 1.165) is 37.2 Å². The lowest BCUT2D eigenvalue weighted by molar-refractivity contribution is -0.275.